The van der Waals surface area contributed by atoms with E-state index in [0.29, 0.717) is 18.3 Å². The van der Waals surface area contributed by atoms with Crippen LogP contribution in [0.25, 0.3) is 0 Å². The van der Waals surface area contributed by atoms with E-state index in [4.69, 9.17) is 21.1 Å². The van der Waals surface area contributed by atoms with Crippen molar-refractivity contribution in [3.8, 4) is 0 Å². The van der Waals surface area contributed by atoms with Gasteiger partial charge in [-0.25, -0.2) is 0 Å². The van der Waals surface area contributed by atoms with Crippen LogP contribution >= 0.6 is 22.9 Å². The minimum Gasteiger partial charge on any atom is -0.432 e. The van der Waals surface area contributed by atoms with E-state index in [1.165, 1.54) is 17.6 Å². The summed E-state index contributed by atoms with van der Waals surface area (Å²) in [4.78, 5) is 7.11. The number of rotatable bonds is 4. The molecule has 0 amide bonds. The molecule has 2 aromatic rings. The standard InChI is InChI=1S/C10H11ClN2O2S/c1-13(4-8-2-3-9(11)16-8)10-12-7(5-14)6-15-10/h2-3,6,14H,4-5H2,1H3. The SMILES string of the molecule is CN(Cc1ccc(Cl)s1)c1nc(CO)co1. The number of thiophene rings is 1. The average molecular weight is 259 g/mol. The summed E-state index contributed by atoms with van der Waals surface area (Å²) in [6.07, 6.45) is 1.45. The van der Waals surface area contributed by atoms with E-state index in [2.05, 4.69) is 4.98 Å². The normalized spacial score (nSPS) is 10.7. The van der Waals surface area contributed by atoms with Gasteiger partial charge in [0.1, 0.15) is 12.0 Å². The maximum Gasteiger partial charge on any atom is 0.297 e. The Hall–Kier alpha value is -1.04. The second-order valence-electron chi connectivity index (χ2n) is 3.34. The molecule has 2 rings (SSSR count). The molecule has 1 N–H and O–H groups in total. The molecule has 6 heteroatoms. The van der Waals surface area contributed by atoms with Crippen molar-refractivity contribution < 1.29 is 9.52 Å². The molecule has 0 bridgehead atoms. The topological polar surface area (TPSA) is 49.5 Å². The zero-order chi connectivity index (χ0) is 11.5. The van der Waals surface area contributed by atoms with Gasteiger partial charge < -0.3 is 14.4 Å². The molecule has 16 heavy (non-hydrogen) atoms. The summed E-state index contributed by atoms with van der Waals surface area (Å²) < 4.78 is 5.99. The molecule has 0 atom stereocenters. The van der Waals surface area contributed by atoms with Gasteiger partial charge in [0.2, 0.25) is 0 Å². The Balaban J connectivity index is 2.05. The molecule has 86 valence electrons. The van der Waals surface area contributed by atoms with Crippen molar-refractivity contribution in [2.45, 2.75) is 13.2 Å². The Morgan fingerprint density at radius 3 is 2.94 bits per heavy atom. The maximum atomic E-state index is 8.87. The third kappa shape index (κ3) is 2.55. The first kappa shape index (κ1) is 11.4. The first-order valence-electron chi connectivity index (χ1n) is 4.69. The lowest BCUT2D eigenvalue weighted by Crippen LogP contribution is -2.15. The average Bonchev–Trinajstić information content (AvgIpc) is 2.87. The first-order valence-corrected chi connectivity index (χ1v) is 5.89. The third-order valence-corrected chi connectivity index (χ3v) is 3.27. The highest BCUT2D eigenvalue weighted by Gasteiger charge is 2.10. The zero-order valence-electron chi connectivity index (χ0n) is 8.68. The maximum absolute atomic E-state index is 8.87. The molecule has 0 spiro atoms. The molecule has 2 heterocycles. The molecule has 0 saturated heterocycles. The van der Waals surface area contributed by atoms with Crippen molar-refractivity contribution in [1.82, 2.24) is 4.98 Å². The van der Waals surface area contributed by atoms with Gasteiger partial charge in [-0.05, 0) is 12.1 Å². The van der Waals surface area contributed by atoms with Crippen LogP contribution in [-0.4, -0.2) is 17.1 Å². The van der Waals surface area contributed by atoms with Gasteiger partial charge in [0.05, 0.1) is 17.5 Å². The Morgan fingerprint density at radius 2 is 2.38 bits per heavy atom. The quantitative estimate of drug-likeness (QED) is 0.916. The summed E-state index contributed by atoms with van der Waals surface area (Å²) >= 11 is 7.37. The van der Waals surface area contributed by atoms with Crippen LogP contribution in [-0.2, 0) is 13.2 Å². The number of aromatic nitrogens is 1. The molecular weight excluding hydrogens is 248 g/mol. The summed E-state index contributed by atoms with van der Waals surface area (Å²) in [5.41, 5.74) is 0.533. The lowest BCUT2D eigenvalue weighted by Gasteiger charge is -2.12. The van der Waals surface area contributed by atoms with E-state index < -0.39 is 0 Å². The Bertz CT molecular complexity index is 469. The van der Waals surface area contributed by atoms with E-state index in [1.807, 2.05) is 24.1 Å². The van der Waals surface area contributed by atoms with Crippen molar-refractivity contribution in [2.75, 3.05) is 11.9 Å². The van der Waals surface area contributed by atoms with Crippen LogP contribution in [0.2, 0.25) is 4.34 Å². The van der Waals surface area contributed by atoms with Gasteiger partial charge in [0, 0.05) is 11.9 Å². The monoisotopic (exact) mass is 258 g/mol. The molecule has 0 saturated carbocycles. The van der Waals surface area contributed by atoms with Gasteiger partial charge in [-0.2, -0.15) is 4.98 Å². The number of nitrogens with zero attached hydrogens (tertiary/aromatic N) is 2. The number of hydrogen-bond acceptors (Lipinski definition) is 5. The predicted molar refractivity (Wildman–Crippen MR) is 63.9 cm³/mol. The van der Waals surface area contributed by atoms with Crippen molar-refractivity contribution in [1.29, 1.82) is 0 Å². The minimum atomic E-state index is -0.109. The fourth-order valence-corrected chi connectivity index (χ4v) is 2.42. The number of aliphatic hydroxyl groups is 1. The molecule has 0 radical (unpaired) electrons. The van der Waals surface area contributed by atoms with Gasteiger partial charge >= 0.3 is 0 Å². The van der Waals surface area contributed by atoms with Gasteiger partial charge in [-0.1, -0.05) is 11.6 Å². The van der Waals surface area contributed by atoms with Crippen LogP contribution in [0.15, 0.2) is 22.8 Å². The number of oxazole rings is 1. The Morgan fingerprint density at radius 1 is 1.56 bits per heavy atom. The summed E-state index contributed by atoms with van der Waals surface area (Å²) in [5, 5.41) is 8.87. The fourth-order valence-electron chi connectivity index (χ4n) is 1.28. The van der Waals surface area contributed by atoms with Gasteiger partial charge in [0.25, 0.3) is 6.01 Å². The summed E-state index contributed by atoms with van der Waals surface area (Å²) in [7, 11) is 1.88. The number of halogens is 1. The Labute approximate surface area is 102 Å². The van der Waals surface area contributed by atoms with Crippen molar-refractivity contribution >= 4 is 29.0 Å². The lowest BCUT2D eigenvalue weighted by atomic mass is 10.4. The van der Waals surface area contributed by atoms with Crippen LogP contribution in [0.4, 0.5) is 6.01 Å². The molecule has 0 fully saturated rings. The van der Waals surface area contributed by atoms with Gasteiger partial charge in [0.15, 0.2) is 0 Å². The zero-order valence-corrected chi connectivity index (χ0v) is 10.3. The highest BCUT2D eigenvalue weighted by Crippen LogP contribution is 2.24. The second kappa shape index (κ2) is 4.86. The molecular formula is C10H11ClN2O2S. The number of aliphatic hydroxyl groups excluding tert-OH is 1. The van der Waals surface area contributed by atoms with Crippen LogP contribution < -0.4 is 4.90 Å². The smallest absolute Gasteiger partial charge is 0.297 e. The van der Waals surface area contributed by atoms with E-state index in [-0.39, 0.29) is 6.61 Å². The van der Waals surface area contributed by atoms with Crippen LogP contribution in [0, 0.1) is 0 Å². The highest BCUT2D eigenvalue weighted by atomic mass is 35.5. The summed E-state index contributed by atoms with van der Waals surface area (Å²) in [6, 6.07) is 4.33. The first-order chi connectivity index (χ1) is 7.69. The summed E-state index contributed by atoms with van der Waals surface area (Å²) in [6.45, 7) is 0.574. The van der Waals surface area contributed by atoms with Crippen molar-refractivity contribution in [3.63, 3.8) is 0 Å². The van der Waals surface area contributed by atoms with E-state index in [1.54, 1.807) is 0 Å². The van der Waals surface area contributed by atoms with Gasteiger partial charge in [-0.3, -0.25) is 0 Å². The number of anilines is 1. The molecule has 4 nitrogen and oxygen atoms in total. The lowest BCUT2D eigenvalue weighted by molar-refractivity contribution is 0.276. The van der Waals surface area contributed by atoms with E-state index in [0.717, 1.165) is 9.21 Å². The van der Waals surface area contributed by atoms with Crippen LogP contribution in [0.5, 0.6) is 0 Å². The predicted octanol–water partition coefficient (Wildman–Crippen LogP) is 2.52. The van der Waals surface area contributed by atoms with Crippen LogP contribution in [0.1, 0.15) is 10.6 Å². The van der Waals surface area contributed by atoms with E-state index in [9.17, 15) is 0 Å². The highest BCUT2D eigenvalue weighted by molar-refractivity contribution is 7.16. The van der Waals surface area contributed by atoms with Crippen LogP contribution in [0.3, 0.4) is 0 Å². The second-order valence-corrected chi connectivity index (χ2v) is 5.14. The molecule has 2 aromatic heterocycles. The molecule has 0 aliphatic carbocycles. The number of hydrogen-bond donors (Lipinski definition) is 1. The van der Waals surface area contributed by atoms with Crippen molar-refractivity contribution in [3.05, 3.63) is 33.3 Å². The van der Waals surface area contributed by atoms with E-state index >= 15 is 0 Å². The largest absolute Gasteiger partial charge is 0.432 e. The molecule has 0 aliphatic heterocycles. The van der Waals surface area contributed by atoms with Gasteiger partial charge in [-0.15, -0.1) is 11.3 Å². The third-order valence-electron chi connectivity index (χ3n) is 2.05. The molecule has 0 unspecified atom stereocenters. The Kier molecular flexibility index (Phi) is 3.48. The minimum absolute atomic E-state index is 0.109. The summed E-state index contributed by atoms with van der Waals surface area (Å²) in [5.74, 6) is 0. The fraction of sp³-hybridized carbons (Fsp3) is 0.300. The van der Waals surface area contributed by atoms with Crippen molar-refractivity contribution in [2.24, 2.45) is 0 Å². The molecule has 0 aromatic carbocycles. The molecule has 0 aliphatic rings.